The monoisotopic (exact) mass is 314 g/mol. The normalized spacial score (nSPS) is 13.0. The van der Waals surface area contributed by atoms with E-state index in [4.69, 9.17) is 15.2 Å². The van der Waals surface area contributed by atoms with E-state index in [1.54, 1.807) is 32.2 Å². The van der Waals surface area contributed by atoms with Crippen molar-refractivity contribution in [3.63, 3.8) is 0 Å². The topological polar surface area (TPSA) is 64.8 Å². The van der Waals surface area contributed by atoms with Crippen molar-refractivity contribution in [1.29, 1.82) is 0 Å². The largest absolute Gasteiger partial charge is 0.496 e. The van der Waals surface area contributed by atoms with Crippen molar-refractivity contribution in [1.82, 2.24) is 0 Å². The van der Waals surface area contributed by atoms with Gasteiger partial charge in [-0.3, -0.25) is 4.79 Å². The molecule has 0 fully saturated rings. The third-order valence-corrected chi connectivity index (χ3v) is 3.75. The summed E-state index contributed by atoms with van der Waals surface area (Å²) in [6, 6.07) is 14.7. The Morgan fingerprint density at radius 1 is 1.13 bits per heavy atom. The van der Waals surface area contributed by atoms with Crippen LogP contribution in [0, 0.1) is 0 Å². The van der Waals surface area contributed by atoms with Crippen LogP contribution in [0.1, 0.15) is 12.5 Å². The third-order valence-electron chi connectivity index (χ3n) is 3.75. The number of methoxy groups -OCH3 is 1. The predicted octanol–water partition coefficient (Wildman–Crippen LogP) is 2.54. The molecule has 0 aliphatic heterocycles. The molecule has 0 aliphatic carbocycles. The zero-order chi connectivity index (χ0) is 17.0. The number of carbonyl (C=O) groups is 1. The first kappa shape index (κ1) is 16.7. The van der Waals surface area contributed by atoms with Crippen molar-refractivity contribution in [2.45, 2.75) is 12.5 Å². The molecule has 5 nitrogen and oxygen atoms in total. The van der Waals surface area contributed by atoms with Crippen molar-refractivity contribution in [2.24, 2.45) is 5.73 Å². The summed E-state index contributed by atoms with van der Waals surface area (Å²) in [6.07, 6.45) is 0. The van der Waals surface area contributed by atoms with Crippen LogP contribution in [0.2, 0.25) is 0 Å². The summed E-state index contributed by atoms with van der Waals surface area (Å²) in [4.78, 5) is 14.1. The lowest BCUT2D eigenvalue weighted by atomic mass is 9.93. The number of nitrogens with two attached hydrogens (primary N) is 1. The predicted molar refractivity (Wildman–Crippen MR) is 90.9 cm³/mol. The van der Waals surface area contributed by atoms with Gasteiger partial charge in [0.05, 0.1) is 7.11 Å². The van der Waals surface area contributed by atoms with Gasteiger partial charge in [-0.05, 0) is 25.1 Å². The van der Waals surface area contributed by atoms with Gasteiger partial charge in [0.25, 0.3) is 5.91 Å². The quantitative estimate of drug-likeness (QED) is 0.890. The van der Waals surface area contributed by atoms with Gasteiger partial charge in [0.15, 0.2) is 0 Å². The molecule has 2 N–H and O–H groups in total. The molecule has 0 aromatic heterocycles. The number of amides is 1. The minimum atomic E-state index is -1.34. The van der Waals surface area contributed by atoms with Crippen molar-refractivity contribution >= 4 is 11.6 Å². The third kappa shape index (κ3) is 3.39. The van der Waals surface area contributed by atoms with E-state index < -0.39 is 11.5 Å². The molecule has 0 spiro atoms. The van der Waals surface area contributed by atoms with Gasteiger partial charge in [-0.15, -0.1) is 0 Å². The van der Waals surface area contributed by atoms with Gasteiger partial charge in [-0.1, -0.05) is 24.3 Å². The van der Waals surface area contributed by atoms with Gasteiger partial charge in [0.2, 0.25) is 5.60 Å². The molecule has 5 heteroatoms. The van der Waals surface area contributed by atoms with Crippen LogP contribution in [0.15, 0.2) is 48.5 Å². The second kappa shape index (κ2) is 6.60. The number of ether oxygens (including phenoxy) is 2. The summed E-state index contributed by atoms with van der Waals surface area (Å²) in [5, 5.41) is 0. The maximum Gasteiger partial charge on any atom is 0.266 e. The second-order valence-electron chi connectivity index (χ2n) is 5.59. The van der Waals surface area contributed by atoms with E-state index in [1.165, 1.54) is 0 Å². The lowest BCUT2D eigenvalue weighted by molar-refractivity contribution is -0.133. The van der Waals surface area contributed by atoms with Crippen LogP contribution in [0.5, 0.6) is 11.5 Å². The molecule has 0 heterocycles. The Morgan fingerprint density at radius 2 is 1.83 bits per heavy atom. The van der Waals surface area contributed by atoms with Crippen LogP contribution in [-0.2, 0) is 10.4 Å². The van der Waals surface area contributed by atoms with E-state index in [-0.39, 0.29) is 0 Å². The number of benzene rings is 2. The summed E-state index contributed by atoms with van der Waals surface area (Å²) in [7, 11) is 5.42. The lowest BCUT2D eigenvalue weighted by Crippen LogP contribution is -2.43. The van der Waals surface area contributed by atoms with Crippen LogP contribution in [-0.4, -0.2) is 27.1 Å². The molecule has 2 aromatic carbocycles. The fourth-order valence-corrected chi connectivity index (χ4v) is 2.34. The molecule has 1 unspecified atom stereocenters. The minimum absolute atomic E-state index is 0.553. The highest BCUT2D eigenvalue weighted by atomic mass is 16.5. The van der Waals surface area contributed by atoms with E-state index >= 15 is 0 Å². The number of rotatable bonds is 6. The molecule has 2 aromatic rings. The first-order valence-corrected chi connectivity index (χ1v) is 7.28. The summed E-state index contributed by atoms with van der Waals surface area (Å²) < 4.78 is 11.3. The average Bonchev–Trinajstić information content (AvgIpc) is 2.54. The summed E-state index contributed by atoms with van der Waals surface area (Å²) in [5.41, 5.74) is 5.86. The van der Waals surface area contributed by atoms with Gasteiger partial charge < -0.3 is 20.1 Å². The molecule has 1 amide bonds. The summed E-state index contributed by atoms with van der Waals surface area (Å²) in [6.45, 7) is 1.65. The van der Waals surface area contributed by atoms with Gasteiger partial charge in [-0.2, -0.15) is 0 Å². The molecular formula is C18H22N2O3. The maximum atomic E-state index is 12.1. The zero-order valence-electron chi connectivity index (χ0n) is 13.9. The van der Waals surface area contributed by atoms with Crippen molar-refractivity contribution < 1.29 is 14.3 Å². The second-order valence-corrected chi connectivity index (χ2v) is 5.59. The molecule has 122 valence electrons. The first-order chi connectivity index (χ1) is 10.9. The number of anilines is 1. The maximum absolute atomic E-state index is 12.1. The number of carbonyl (C=O) groups excluding carboxylic acids is 1. The lowest BCUT2D eigenvalue weighted by Gasteiger charge is -2.29. The van der Waals surface area contributed by atoms with Crippen LogP contribution >= 0.6 is 0 Å². The highest BCUT2D eigenvalue weighted by Gasteiger charge is 2.38. The molecule has 23 heavy (non-hydrogen) atoms. The van der Waals surface area contributed by atoms with Crippen LogP contribution in [0.25, 0.3) is 0 Å². The molecule has 0 bridgehead atoms. The highest BCUT2D eigenvalue weighted by molar-refractivity contribution is 5.86. The summed E-state index contributed by atoms with van der Waals surface area (Å²) >= 11 is 0. The molecule has 2 rings (SSSR count). The Morgan fingerprint density at radius 3 is 2.43 bits per heavy atom. The van der Waals surface area contributed by atoms with Gasteiger partial charge >= 0.3 is 0 Å². The smallest absolute Gasteiger partial charge is 0.266 e. The molecular weight excluding hydrogens is 292 g/mol. The fraction of sp³-hybridized carbons (Fsp3) is 0.278. The highest BCUT2D eigenvalue weighted by Crippen LogP contribution is 2.34. The molecule has 0 aliphatic rings. The van der Waals surface area contributed by atoms with Crippen molar-refractivity contribution in [3.8, 4) is 11.5 Å². The van der Waals surface area contributed by atoms with Crippen LogP contribution in [0.4, 0.5) is 5.69 Å². The average molecular weight is 314 g/mol. The Labute approximate surface area is 136 Å². The van der Waals surface area contributed by atoms with Crippen LogP contribution < -0.4 is 20.1 Å². The Balaban J connectivity index is 2.46. The first-order valence-electron chi connectivity index (χ1n) is 7.28. The molecule has 0 saturated carbocycles. The zero-order valence-corrected chi connectivity index (χ0v) is 13.9. The summed E-state index contributed by atoms with van der Waals surface area (Å²) in [5.74, 6) is 0.526. The van der Waals surface area contributed by atoms with Gasteiger partial charge in [0.1, 0.15) is 11.5 Å². The molecule has 0 saturated heterocycles. The van der Waals surface area contributed by atoms with Crippen molar-refractivity contribution in [3.05, 3.63) is 54.1 Å². The number of para-hydroxylation sites is 1. The molecule has 0 radical (unpaired) electrons. The van der Waals surface area contributed by atoms with E-state index in [1.807, 2.05) is 49.3 Å². The van der Waals surface area contributed by atoms with E-state index in [0.29, 0.717) is 17.1 Å². The number of hydrogen-bond donors (Lipinski definition) is 1. The number of primary amides is 1. The standard InChI is InChI=1S/C18H22N2O3/c1-18(17(19)21,15-10-5-6-11-16(15)22-4)23-14-9-7-8-13(12-14)20(2)3/h5-12H,1-4H3,(H2,19,21). The van der Waals surface area contributed by atoms with E-state index in [0.717, 1.165) is 5.69 Å². The van der Waals surface area contributed by atoms with Crippen molar-refractivity contribution in [2.75, 3.05) is 26.1 Å². The fourth-order valence-electron chi connectivity index (χ4n) is 2.34. The number of nitrogens with zero attached hydrogens (tertiary/aromatic N) is 1. The number of hydrogen-bond acceptors (Lipinski definition) is 4. The SMILES string of the molecule is COc1ccccc1C(C)(Oc1cccc(N(C)C)c1)C(N)=O. The Kier molecular flexibility index (Phi) is 4.79. The van der Waals surface area contributed by atoms with E-state index in [9.17, 15) is 4.79 Å². The minimum Gasteiger partial charge on any atom is -0.496 e. The Bertz CT molecular complexity index is 700. The van der Waals surface area contributed by atoms with Gasteiger partial charge in [0, 0.05) is 31.4 Å². The Hall–Kier alpha value is -2.69. The van der Waals surface area contributed by atoms with Crippen LogP contribution in [0.3, 0.4) is 0 Å². The van der Waals surface area contributed by atoms with Gasteiger partial charge in [-0.25, -0.2) is 0 Å². The van der Waals surface area contributed by atoms with E-state index in [2.05, 4.69) is 0 Å². The molecule has 1 atom stereocenters.